The molecule has 30 heavy (non-hydrogen) atoms. The Bertz CT molecular complexity index is 1290. The van der Waals surface area contributed by atoms with E-state index in [9.17, 15) is 17.8 Å². The Morgan fingerprint density at radius 2 is 1.97 bits per heavy atom. The van der Waals surface area contributed by atoms with Gasteiger partial charge in [-0.25, -0.2) is 4.55 Å². The van der Waals surface area contributed by atoms with E-state index in [2.05, 4.69) is 4.98 Å². The van der Waals surface area contributed by atoms with Crippen molar-refractivity contribution < 1.29 is 22.4 Å². The number of halogens is 1. The molecule has 2 aromatic carbocycles. The van der Waals surface area contributed by atoms with Crippen molar-refractivity contribution in [3.8, 4) is 0 Å². The molecule has 10 heteroatoms. The Morgan fingerprint density at radius 3 is 2.67 bits per heavy atom. The molecule has 8 nitrogen and oxygen atoms in total. The minimum atomic E-state index is -4.60. The topological polar surface area (TPSA) is 103 Å². The molecule has 0 aliphatic carbocycles. The summed E-state index contributed by atoms with van der Waals surface area (Å²) in [7, 11) is -3.24. The van der Waals surface area contributed by atoms with Crippen LogP contribution in [-0.4, -0.2) is 57.5 Å². The van der Waals surface area contributed by atoms with E-state index in [1.54, 1.807) is 24.3 Å². The number of nitrogens with zero attached hydrogens (tertiary/aromatic N) is 2. The first-order valence-corrected chi connectivity index (χ1v) is 11.0. The molecule has 158 valence electrons. The second kappa shape index (κ2) is 7.84. The van der Waals surface area contributed by atoms with Crippen molar-refractivity contribution in [2.24, 2.45) is 0 Å². The normalized spacial score (nSPS) is 19.6. The maximum Gasteiger partial charge on any atom is 0.437 e. The lowest BCUT2D eigenvalue weighted by Gasteiger charge is -2.33. The summed E-state index contributed by atoms with van der Waals surface area (Å²) in [5.41, 5.74) is 0.369. The second-order valence-electron chi connectivity index (χ2n) is 7.32. The van der Waals surface area contributed by atoms with Gasteiger partial charge in [-0.05, 0) is 23.6 Å². The van der Waals surface area contributed by atoms with Crippen molar-refractivity contribution in [2.45, 2.75) is 6.10 Å². The van der Waals surface area contributed by atoms with Crippen LogP contribution in [0.1, 0.15) is 0 Å². The second-order valence-corrected chi connectivity index (χ2v) is 9.46. The van der Waals surface area contributed by atoms with E-state index < -0.39 is 20.3 Å². The van der Waals surface area contributed by atoms with Crippen molar-refractivity contribution in [3.63, 3.8) is 0 Å². The van der Waals surface area contributed by atoms with Gasteiger partial charge in [0.15, 0.2) is 11.1 Å². The summed E-state index contributed by atoms with van der Waals surface area (Å²) in [5.74, 6) is 0. The number of quaternary nitrogens is 1. The van der Waals surface area contributed by atoms with E-state index in [0.717, 1.165) is 0 Å². The van der Waals surface area contributed by atoms with Crippen molar-refractivity contribution in [1.29, 1.82) is 0 Å². The highest BCUT2D eigenvalue weighted by molar-refractivity contribution is 7.85. The first-order chi connectivity index (χ1) is 14.2. The van der Waals surface area contributed by atoms with Gasteiger partial charge in [0.1, 0.15) is 12.6 Å². The van der Waals surface area contributed by atoms with Crippen LogP contribution >= 0.6 is 11.6 Å². The number of rotatable bonds is 4. The molecule has 0 spiro atoms. The highest BCUT2D eigenvalue weighted by Gasteiger charge is 2.42. The highest BCUT2D eigenvalue weighted by atomic mass is 35.5. The van der Waals surface area contributed by atoms with Crippen LogP contribution in [-0.2, 0) is 19.8 Å². The fourth-order valence-corrected chi connectivity index (χ4v) is 4.51. The van der Waals surface area contributed by atoms with Gasteiger partial charge in [-0.15, -0.1) is 8.42 Å². The van der Waals surface area contributed by atoms with Gasteiger partial charge in [0.2, 0.25) is 0 Å². The highest BCUT2D eigenvalue weighted by Crippen LogP contribution is 2.29. The van der Waals surface area contributed by atoms with Crippen LogP contribution in [0.4, 0.5) is 5.69 Å². The summed E-state index contributed by atoms with van der Waals surface area (Å²) in [4.78, 5) is 17.4. The molecule has 2 atom stereocenters. The van der Waals surface area contributed by atoms with Gasteiger partial charge in [0, 0.05) is 29.1 Å². The lowest BCUT2D eigenvalue weighted by Crippen LogP contribution is -2.56. The molecule has 1 aliphatic rings. The molecular formula is C20H20ClN2O6S+. The van der Waals surface area contributed by atoms with Crippen LogP contribution in [0.15, 0.2) is 47.4 Å². The summed E-state index contributed by atoms with van der Waals surface area (Å²) in [6.45, 7) is 0.912. The summed E-state index contributed by atoms with van der Waals surface area (Å²) >= 11 is 6.01. The standard InChI is InChI=1S/C20H19ClN2O6S/c1-23(30(25,26)27,11-16-12-28-6-7-29-16)15-4-2-13-3-5-19-18(8-14(21)10-22-19)20(24)17(13)9-15/h2-5,8-10,16H,6-7,11-12H2,1H3/p+1/t16-,23?/m1/s1. The van der Waals surface area contributed by atoms with Gasteiger partial charge >= 0.3 is 10.3 Å². The van der Waals surface area contributed by atoms with Crippen molar-refractivity contribution >= 4 is 49.3 Å². The molecule has 3 aromatic rings. The summed E-state index contributed by atoms with van der Waals surface area (Å²) in [6.07, 6.45) is 0.932. The van der Waals surface area contributed by atoms with E-state index in [4.69, 9.17) is 21.1 Å². The van der Waals surface area contributed by atoms with Gasteiger partial charge in [0.05, 0.1) is 37.4 Å². The quantitative estimate of drug-likeness (QED) is 0.480. The molecule has 0 radical (unpaired) electrons. The number of benzene rings is 1. The lowest BCUT2D eigenvalue weighted by molar-refractivity contribution is -0.0908. The van der Waals surface area contributed by atoms with Gasteiger partial charge in [0.25, 0.3) is 0 Å². The number of fused-ring (bicyclic) bond motifs is 2. The van der Waals surface area contributed by atoms with E-state index in [1.807, 2.05) is 0 Å². The fourth-order valence-electron chi connectivity index (χ4n) is 3.62. The van der Waals surface area contributed by atoms with Crippen molar-refractivity contribution in [3.05, 3.63) is 57.8 Å². The zero-order valence-corrected chi connectivity index (χ0v) is 17.7. The number of aromatic nitrogens is 1. The van der Waals surface area contributed by atoms with Crippen LogP contribution in [0.2, 0.25) is 5.02 Å². The van der Waals surface area contributed by atoms with E-state index in [0.29, 0.717) is 39.9 Å². The molecule has 1 fully saturated rings. The van der Waals surface area contributed by atoms with E-state index in [1.165, 1.54) is 25.4 Å². The minimum Gasteiger partial charge on any atom is -0.376 e. The van der Waals surface area contributed by atoms with E-state index >= 15 is 0 Å². The third kappa shape index (κ3) is 3.80. The number of hydrogen-bond acceptors (Lipinski definition) is 6. The number of likely N-dealkylation sites (N-methyl/N-ethyl adjacent to an activating group) is 1. The maximum atomic E-state index is 13.2. The zero-order chi connectivity index (χ0) is 21.5. The van der Waals surface area contributed by atoms with Crippen LogP contribution < -0.4 is 9.32 Å². The van der Waals surface area contributed by atoms with Gasteiger partial charge in [-0.1, -0.05) is 17.7 Å². The van der Waals surface area contributed by atoms with Crippen LogP contribution in [0.3, 0.4) is 0 Å². The third-order valence-corrected chi connectivity index (χ3v) is 6.91. The Morgan fingerprint density at radius 1 is 1.20 bits per heavy atom. The average molecular weight is 452 g/mol. The van der Waals surface area contributed by atoms with Crippen molar-refractivity contribution in [2.75, 3.05) is 33.4 Å². The van der Waals surface area contributed by atoms with Gasteiger partial charge in [-0.3, -0.25) is 9.78 Å². The van der Waals surface area contributed by atoms with Gasteiger partial charge in [-0.2, -0.15) is 3.89 Å². The maximum absolute atomic E-state index is 13.2. The zero-order valence-electron chi connectivity index (χ0n) is 16.1. The molecular weight excluding hydrogens is 432 g/mol. The molecule has 0 saturated carbocycles. The Labute approximate surface area is 178 Å². The number of pyridine rings is 1. The third-order valence-electron chi connectivity index (χ3n) is 5.32. The Kier molecular flexibility index (Phi) is 5.52. The summed E-state index contributed by atoms with van der Waals surface area (Å²) in [5, 5.41) is 1.54. The first-order valence-electron chi connectivity index (χ1n) is 9.24. The molecule has 1 N–H and O–H groups in total. The molecule has 1 aliphatic heterocycles. The minimum absolute atomic E-state index is 0.0778. The van der Waals surface area contributed by atoms with Crippen LogP contribution in [0.5, 0.6) is 0 Å². The molecule has 1 unspecified atom stereocenters. The molecule has 1 saturated heterocycles. The first kappa shape index (κ1) is 21.1. The van der Waals surface area contributed by atoms with E-state index in [-0.39, 0.29) is 24.3 Å². The van der Waals surface area contributed by atoms with Crippen molar-refractivity contribution in [1.82, 2.24) is 8.87 Å². The molecule has 0 amide bonds. The lowest BCUT2D eigenvalue weighted by atomic mass is 10.1. The Hall–Kier alpha value is -2.14. The number of hydrogen-bond donors (Lipinski definition) is 1. The van der Waals surface area contributed by atoms with Crippen LogP contribution in [0, 0.1) is 0 Å². The SMILES string of the molecule is C[N+](C[C@@H]1COCCO1)(c1ccc2ccc3ncc(Cl)cc3c(=O)c2c1)S(=O)(=O)O. The fraction of sp³-hybridized carbons (Fsp3) is 0.300. The van der Waals surface area contributed by atoms with Gasteiger partial charge < -0.3 is 9.47 Å². The summed E-state index contributed by atoms with van der Waals surface area (Å²) < 4.78 is 44.9. The monoisotopic (exact) mass is 451 g/mol. The van der Waals surface area contributed by atoms with Crippen LogP contribution in [0.25, 0.3) is 21.7 Å². The molecule has 0 bridgehead atoms. The smallest absolute Gasteiger partial charge is 0.376 e. The molecule has 1 aromatic heterocycles. The molecule has 2 heterocycles. The predicted molar refractivity (Wildman–Crippen MR) is 115 cm³/mol. The Balaban J connectivity index is 1.92. The number of ether oxygens (including phenoxy) is 2. The largest absolute Gasteiger partial charge is 0.437 e. The average Bonchev–Trinajstić information content (AvgIpc) is 2.84. The predicted octanol–water partition coefficient (Wildman–Crippen LogP) is 2.56. The molecule has 4 rings (SSSR count). The summed E-state index contributed by atoms with van der Waals surface area (Å²) in [6, 6.07) is 9.67.